The monoisotopic (exact) mass is 222 g/mol. The molecule has 16 heavy (non-hydrogen) atoms. The Hall–Kier alpha value is -0.590. The summed E-state index contributed by atoms with van der Waals surface area (Å²) < 4.78 is 0. The second-order valence-corrected chi connectivity index (χ2v) is 5.59. The van der Waals surface area contributed by atoms with Crippen molar-refractivity contribution in [2.24, 2.45) is 11.3 Å². The first kappa shape index (κ1) is 11.9. The minimum atomic E-state index is 0.321. The summed E-state index contributed by atoms with van der Waals surface area (Å²) >= 11 is 0. The predicted molar refractivity (Wildman–Crippen MR) is 62.8 cm³/mol. The van der Waals surface area contributed by atoms with Gasteiger partial charge in [-0.05, 0) is 50.0 Å². The molecule has 1 N–H and O–H groups in total. The van der Waals surface area contributed by atoms with E-state index in [0.717, 1.165) is 25.9 Å². The van der Waals surface area contributed by atoms with Gasteiger partial charge < -0.3 is 10.0 Å². The maximum atomic E-state index is 8.97. The zero-order chi connectivity index (χ0) is 11.4. The fourth-order valence-electron chi connectivity index (χ4n) is 2.92. The molecule has 1 atom stereocenters. The van der Waals surface area contributed by atoms with Crippen molar-refractivity contribution in [1.82, 2.24) is 4.90 Å². The van der Waals surface area contributed by atoms with Crippen LogP contribution in [0.1, 0.15) is 38.5 Å². The summed E-state index contributed by atoms with van der Waals surface area (Å²) in [7, 11) is 0. The number of aliphatic hydroxyl groups excluding tert-OH is 1. The fourth-order valence-corrected chi connectivity index (χ4v) is 2.92. The van der Waals surface area contributed by atoms with Gasteiger partial charge in [-0.3, -0.25) is 0 Å². The first-order chi connectivity index (χ1) is 7.78. The molecule has 0 bridgehead atoms. The third-order valence-electron chi connectivity index (χ3n) is 4.11. The number of hydrogen-bond acceptors (Lipinski definition) is 3. The topological polar surface area (TPSA) is 47.3 Å². The third kappa shape index (κ3) is 2.96. The average molecular weight is 222 g/mol. The largest absolute Gasteiger partial charge is 0.396 e. The van der Waals surface area contributed by atoms with Crippen LogP contribution in [0.5, 0.6) is 0 Å². The van der Waals surface area contributed by atoms with E-state index in [2.05, 4.69) is 11.0 Å². The van der Waals surface area contributed by atoms with E-state index in [0.29, 0.717) is 17.9 Å². The van der Waals surface area contributed by atoms with E-state index in [1.165, 1.54) is 32.2 Å². The van der Waals surface area contributed by atoms with E-state index in [4.69, 9.17) is 10.4 Å². The molecule has 0 aromatic carbocycles. The lowest BCUT2D eigenvalue weighted by molar-refractivity contribution is 0.126. The van der Waals surface area contributed by atoms with Crippen molar-refractivity contribution in [3.05, 3.63) is 0 Å². The average Bonchev–Trinajstić information content (AvgIpc) is 2.99. The van der Waals surface area contributed by atoms with Crippen molar-refractivity contribution >= 4 is 0 Å². The Labute approximate surface area is 98.1 Å². The van der Waals surface area contributed by atoms with Gasteiger partial charge in [0.15, 0.2) is 0 Å². The molecule has 3 nitrogen and oxygen atoms in total. The van der Waals surface area contributed by atoms with Crippen LogP contribution < -0.4 is 0 Å². The Kier molecular flexibility index (Phi) is 3.83. The van der Waals surface area contributed by atoms with Gasteiger partial charge in [0.1, 0.15) is 0 Å². The fraction of sp³-hybridized carbons (Fsp3) is 0.923. The normalized spacial score (nSPS) is 28.6. The van der Waals surface area contributed by atoms with Crippen LogP contribution in [0.15, 0.2) is 0 Å². The lowest BCUT2D eigenvalue weighted by atomic mass is 9.93. The van der Waals surface area contributed by atoms with Gasteiger partial charge in [0.2, 0.25) is 0 Å². The second-order valence-electron chi connectivity index (χ2n) is 5.59. The van der Waals surface area contributed by atoms with E-state index < -0.39 is 0 Å². The molecular weight excluding hydrogens is 200 g/mol. The van der Waals surface area contributed by atoms with Gasteiger partial charge in [0.25, 0.3) is 0 Å². The number of rotatable bonds is 5. The van der Waals surface area contributed by atoms with Gasteiger partial charge in [-0.2, -0.15) is 5.26 Å². The number of nitriles is 1. The molecule has 0 radical (unpaired) electrons. The van der Waals surface area contributed by atoms with E-state index in [1.807, 2.05) is 0 Å². The molecule has 0 spiro atoms. The van der Waals surface area contributed by atoms with Crippen molar-refractivity contribution in [3.8, 4) is 6.07 Å². The van der Waals surface area contributed by atoms with Crippen molar-refractivity contribution in [3.63, 3.8) is 0 Å². The van der Waals surface area contributed by atoms with E-state index in [9.17, 15) is 0 Å². The molecule has 0 amide bonds. The van der Waals surface area contributed by atoms with Crippen LogP contribution >= 0.6 is 0 Å². The molecule has 3 heteroatoms. The molecule has 1 unspecified atom stereocenters. The number of nitrogens with zero attached hydrogens (tertiary/aromatic N) is 2. The zero-order valence-electron chi connectivity index (χ0n) is 9.99. The van der Waals surface area contributed by atoms with Crippen LogP contribution in [-0.4, -0.2) is 36.2 Å². The molecule has 1 aliphatic carbocycles. The Morgan fingerprint density at radius 3 is 2.88 bits per heavy atom. The summed E-state index contributed by atoms with van der Waals surface area (Å²) in [4.78, 5) is 2.52. The van der Waals surface area contributed by atoms with Crippen molar-refractivity contribution in [2.45, 2.75) is 38.5 Å². The maximum absolute atomic E-state index is 8.97. The molecule has 0 aromatic rings. The second kappa shape index (κ2) is 5.16. The number of hydrogen-bond donors (Lipinski definition) is 1. The smallest absolute Gasteiger partial charge is 0.0628 e. The summed E-state index contributed by atoms with van der Waals surface area (Å²) in [5.74, 6) is 0.677. The maximum Gasteiger partial charge on any atom is 0.0628 e. The van der Waals surface area contributed by atoms with Gasteiger partial charge in [0.05, 0.1) is 6.07 Å². The first-order valence-corrected chi connectivity index (χ1v) is 6.48. The highest BCUT2D eigenvalue weighted by Crippen LogP contribution is 2.49. The number of aliphatic hydroxyl groups is 1. The lowest BCUT2D eigenvalue weighted by Crippen LogP contribution is -2.39. The van der Waals surface area contributed by atoms with Gasteiger partial charge in [-0.15, -0.1) is 0 Å². The molecule has 1 saturated heterocycles. The van der Waals surface area contributed by atoms with E-state index in [1.54, 1.807) is 0 Å². The number of piperidine rings is 1. The van der Waals surface area contributed by atoms with E-state index in [-0.39, 0.29) is 0 Å². The van der Waals surface area contributed by atoms with Gasteiger partial charge in [-0.1, -0.05) is 0 Å². The molecular formula is C13H22N2O. The van der Waals surface area contributed by atoms with Crippen LogP contribution in [0.4, 0.5) is 0 Å². The quantitative estimate of drug-likeness (QED) is 0.771. The predicted octanol–water partition coefficient (Wildman–Crippen LogP) is 1.77. The van der Waals surface area contributed by atoms with Gasteiger partial charge in [0, 0.05) is 26.1 Å². The summed E-state index contributed by atoms with van der Waals surface area (Å²) in [5, 5.41) is 17.8. The van der Waals surface area contributed by atoms with Crippen LogP contribution in [0, 0.1) is 22.7 Å². The van der Waals surface area contributed by atoms with Crippen LogP contribution in [0.25, 0.3) is 0 Å². The van der Waals surface area contributed by atoms with Crippen LogP contribution in [0.3, 0.4) is 0 Å². The molecule has 1 saturated carbocycles. The first-order valence-electron chi connectivity index (χ1n) is 6.48. The Morgan fingerprint density at radius 2 is 2.25 bits per heavy atom. The minimum absolute atomic E-state index is 0.321. The van der Waals surface area contributed by atoms with Crippen molar-refractivity contribution < 1.29 is 5.11 Å². The highest BCUT2D eigenvalue weighted by atomic mass is 16.3. The summed E-state index contributed by atoms with van der Waals surface area (Å²) in [6.45, 7) is 3.76. The highest BCUT2D eigenvalue weighted by Gasteiger charge is 2.44. The van der Waals surface area contributed by atoms with Gasteiger partial charge in [-0.25, -0.2) is 0 Å². The minimum Gasteiger partial charge on any atom is -0.396 e. The Morgan fingerprint density at radius 1 is 1.44 bits per heavy atom. The van der Waals surface area contributed by atoms with Crippen molar-refractivity contribution in [2.75, 3.05) is 26.2 Å². The van der Waals surface area contributed by atoms with Crippen molar-refractivity contribution in [1.29, 1.82) is 5.26 Å². The van der Waals surface area contributed by atoms with Crippen LogP contribution in [0.2, 0.25) is 0 Å². The molecule has 90 valence electrons. The van der Waals surface area contributed by atoms with E-state index >= 15 is 0 Å². The Bertz CT molecular complexity index is 266. The number of likely N-dealkylation sites (tertiary alicyclic amines) is 1. The summed E-state index contributed by atoms with van der Waals surface area (Å²) in [5.41, 5.74) is 0.343. The van der Waals surface area contributed by atoms with Gasteiger partial charge >= 0.3 is 0 Å². The Balaban J connectivity index is 1.79. The molecule has 1 aliphatic heterocycles. The molecule has 0 aromatic heterocycles. The molecule has 2 aliphatic rings. The molecule has 2 fully saturated rings. The standard InChI is InChI=1S/C13H22N2O/c14-7-6-13(4-5-13)11-15-8-1-2-12(10-15)3-9-16/h12,16H,1-6,8-11H2. The zero-order valence-corrected chi connectivity index (χ0v) is 9.99. The lowest BCUT2D eigenvalue weighted by Gasteiger charge is -2.34. The van der Waals surface area contributed by atoms with Crippen LogP contribution in [-0.2, 0) is 0 Å². The summed E-state index contributed by atoms with van der Waals surface area (Å²) in [6, 6.07) is 2.33. The third-order valence-corrected chi connectivity index (χ3v) is 4.11. The molecule has 2 rings (SSSR count). The highest BCUT2D eigenvalue weighted by molar-refractivity contribution is 5.01. The summed E-state index contributed by atoms with van der Waals surface area (Å²) in [6.07, 6.45) is 6.68. The molecule has 1 heterocycles. The SMILES string of the molecule is N#CCC1(CN2CCCC(CCO)C2)CC1.